The van der Waals surface area contributed by atoms with Gasteiger partial charge in [-0.3, -0.25) is 0 Å². The van der Waals surface area contributed by atoms with Crippen molar-refractivity contribution in [2.75, 3.05) is 13.2 Å². The van der Waals surface area contributed by atoms with E-state index in [4.69, 9.17) is 9.47 Å². The molecule has 0 spiro atoms. The molecule has 60 heavy (non-hydrogen) atoms. The van der Waals surface area contributed by atoms with E-state index in [2.05, 4.69) is 120 Å². The molecule has 4 nitrogen and oxygen atoms in total. The number of carbonyl (C=O) groups is 2. The van der Waals surface area contributed by atoms with Gasteiger partial charge < -0.3 is 9.47 Å². The molecule has 0 saturated heterocycles. The third-order valence-corrected chi connectivity index (χ3v) is 28.3. The fraction of sp³-hybridized carbons (Fsp3) is 0.808. The minimum Gasteiger partial charge on any atom is -0.462 e. The second-order valence-corrected chi connectivity index (χ2v) is 32.9. The van der Waals surface area contributed by atoms with Crippen molar-refractivity contribution in [2.45, 2.75) is 259 Å². The van der Waals surface area contributed by atoms with E-state index >= 15 is 0 Å². The maximum absolute atomic E-state index is 13.9. The lowest BCUT2D eigenvalue weighted by atomic mass is 10.1. The number of carbonyl (C=O) groups excluding carboxylic acids is 2. The highest BCUT2D eigenvalue weighted by molar-refractivity contribution is 8.29. The van der Waals surface area contributed by atoms with E-state index in [1.165, 1.54) is 113 Å². The lowest BCUT2D eigenvalue weighted by Crippen LogP contribution is -2.43. The first-order valence-electron chi connectivity index (χ1n) is 24.8. The first kappa shape index (κ1) is 56.7. The molecule has 0 radical (unpaired) electrons. The van der Waals surface area contributed by atoms with Crippen LogP contribution in [0.15, 0.2) is 19.6 Å². The van der Waals surface area contributed by atoms with Gasteiger partial charge in [0.2, 0.25) is 0 Å². The fourth-order valence-corrected chi connectivity index (χ4v) is 22.4. The van der Waals surface area contributed by atoms with Crippen LogP contribution in [0.3, 0.4) is 0 Å². The van der Waals surface area contributed by atoms with E-state index in [1.54, 1.807) is 0 Å². The topological polar surface area (TPSA) is 52.6 Å². The van der Waals surface area contributed by atoms with Crippen LogP contribution >= 0.6 is 23.5 Å². The number of esters is 2. The molecule has 0 N–H and O–H groups in total. The predicted molar refractivity (Wildman–Crippen MR) is 272 cm³/mol. The highest BCUT2D eigenvalue weighted by atomic mass is 32.2. The van der Waals surface area contributed by atoms with E-state index in [1.807, 2.05) is 0 Å². The van der Waals surface area contributed by atoms with Gasteiger partial charge >= 0.3 is 11.9 Å². The quantitative estimate of drug-likeness (QED) is 0.0310. The van der Waals surface area contributed by atoms with E-state index in [9.17, 15) is 9.59 Å². The number of allylic oxidation sites excluding steroid dienone is 1. The van der Waals surface area contributed by atoms with Crippen LogP contribution in [0.2, 0.25) is 33.2 Å². The Kier molecular flexibility index (Phi) is 29.8. The smallest absolute Gasteiger partial charge is 0.346 e. The molecular weight excluding hydrogens is 809 g/mol. The summed E-state index contributed by atoms with van der Waals surface area (Å²) in [5, 5.41) is 0. The molecule has 1 aliphatic rings. The average molecular weight is 902 g/mol. The van der Waals surface area contributed by atoms with E-state index in [0.717, 1.165) is 48.3 Å². The number of hydrogen-bond acceptors (Lipinski definition) is 6. The maximum atomic E-state index is 13.9. The van der Waals surface area contributed by atoms with Crippen LogP contribution in [0.25, 0.3) is 0 Å². The summed E-state index contributed by atoms with van der Waals surface area (Å²) in [5.41, 5.74) is 11.4. The second kappa shape index (κ2) is 31.5. The Labute approximate surface area is 383 Å². The van der Waals surface area contributed by atoms with Crippen molar-refractivity contribution in [1.29, 1.82) is 0 Å². The standard InChI is InChI=1S/C52H92O4S2Si2/c1-15-17-19-21-23-25-27-29-31-33-37-55-50(53)48-49(51(54)56-38-34-32-30-28-26-24-22-20-18-16-2)58-52(57-48)47(35-39-59(41(3)4,42(5)6)43(7)8)36-40-60(44(9)10,45(11)12)46(13)14/h41-46H,15-34,37-38H2,1-14H3. The zero-order valence-electron chi connectivity index (χ0n) is 41.5. The van der Waals surface area contributed by atoms with Gasteiger partial charge in [-0.2, -0.15) is 0 Å². The highest BCUT2D eigenvalue weighted by Crippen LogP contribution is 2.52. The van der Waals surface area contributed by atoms with Gasteiger partial charge in [0.25, 0.3) is 0 Å². The van der Waals surface area contributed by atoms with Gasteiger partial charge in [-0.05, 0) is 46.1 Å². The fourth-order valence-electron chi connectivity index (χ4n) is 9.65. The zero-order chi connectivity index (χ0) is 45.1. The molecule has 0 amide bonds. The molecule has 0 aromatic rings. The highest BCUT2D eigenvalue weighted by Gasteiger charge is 2.43. The number of ether oxygens (including phenoxy) is 2. The first-order chi connectivity index (χ1) is 28.5. The minimum absolute atomic E-state index is 0.330. The van der Waals surface area contributed by atoms with E-state index in [0.29, 0.717) is 56.3 Å². The molecule has 0 unspecified atom stereocenters. The largest absolute Gasteiger partial charge is 0.462 e. The maximum Gasteiger partial charge on any atom is 0.346 e. The van der Waals surface area contributed by atoms with Crippen molar-refractivity contribution >= 4 is 51.6 Å². The lowest BCUT2D eigenvalue weighted by Gasteiger charge is -2.38. The van der Waals surface area contributed by atoms with Crippen LogP contribution in [0.5, 0.6) is 0 Å². The summed E-state index contributed by atoms with van der Waals surface area (Å²) in [6.07, 6.45) is 24.3. The number of rotatable bonds is 30. The molecule has 0 bridgehead atoms. The van der Waals surface area contributed by atoms with Crippen molar-refractivity contribution in [3.8, 4) is 22.9 Å². The molecule has 0 saturated carbocycles. The SMILES string of the molecule is CCCCCCCCCCCCOC(=O)C1=C(C(=O)OCCCCCCCCCCCC)SC(=C(C#C[Si](C(C)C)(C(C)C)C(C)C)C#C[Si](C(C)C)(C(C)C)C(C)C)S1. The molecule has 1 heterocycles. The minimum atomic E-state index is -2.11. The van der Waals surface area contributed by atoms with E-state index < -0.39 is 28.1 Å². The Morgan fingerprint density at radius 1 is 0.433 bits per heavy atom. The summed E-state index contributed by atoms with van der Waals surface area (Å²) in [6.45, 7) is 33.2. The first-order valence-corrected chi connectivity index (χ1v) is 30.9. The molecule has 1 aliphatic heterocycles. The monoisotopic (exact) mass is 901 g/mol. The molecule has 0 fully saturated rings. The number of hydrogen-bond donors (Lipinski definition) is 0. The van der Waals surface area contributed by atoms with Gasteiger partial charge in [-0.15, -0.1) is 11.1 Å². The predicted octanol–water partition coefficient (Wildman–Crippen LogP) is 17.3. The van der Waals surface area contributed by atoms with Crippen LogP contribution in [-0.4, -0.2) is 41.3 Å². The summed E-state index contributed by atoms with van der Waals surface area (Å²) in [6, 6.07) is 0. The van der Waals surface area contributed by atoms with Crippen LogP contribution in [0, 0.1) is 22.9 Å². The van der Waals surface area contributed by atoms with E-state index in [-0.39, 0.29) is 0 Å². The van der Waals surface area contributed by atoms with Crippen molar-refractivity contribution in [3.63, 3.8) is 0 Å². The molecule has 1 rings (SSSR count). The van der Waals surface area contributed by atoms with Crippen LogP contribution in [-0.2, 0) is 19.1 Å². The van der Waals surface area contributed by atoms with Crippen molar-refractivity contribution in [2.24, 2.45) is 0 Å². The van der Waals surface area contributed by atoms with Gasteiger partial charge in [0.1, 0.15) is 26.0 Å². The van der Waals surface area contributed by atoms with Crippen molar-refractivity contribution in [1.82, 2.24) is 0 Å². The number of thioether (sulfide) groups is 2. The van der Waals surface area contributed by atoms with Gasteiger partial charge in [-0.1, -0.05) is 248 Å². The Morgan fingerprint density at radius 2 is 0.683 bits per heavy atom. The Hall–Kier alpha value is -1.33. The van der Waals surface area contributed by atoms with Gasteiger partial charge in [-0.25, -0.2) is 9.59 Å². The normalized spacial score (nSPS) is 13.5. The van der Waals surface area contributed by atoms with Crippen LogP contribution < -0.4 is 0 Å². The van der Waals surface area contributed by atoms with Crippen molar-refractivity contribution in [3.05, 3.63) is 19.6 Å². The summed E-state index contributed by atoms with van der Waals surface area (Å²) < 4.78 is 12.6. The third kappa shape index (κ3) is 18.8. The molecule has 0 atom stereocenters. The third-order valence-electron chi connectivity index (χ3n) is 13.2. The van der Waals surface area contributed by atoms with Crippen molar-refractivity contribution < 1.29 is 19.1 Å². The molecular formula is C52H92O4S2Si2. The average Bonchev–Trinajstić information content (AvgIpc) is 3.63. The van der Waals surface area contributed by atoms with Crippen LogP contribution in [0.4, 0.5) is 0 Å². The molecule has 0 aromatic carbocycles. The Balaban J connectivity index is 3.48. The summed E-state index contributed by atoms with van der Waals surface area (Å²) in [7, 11) is -4.22. The van der Waals surface area contributed by atoms with Gasteiger partial charge in [0.05, 0.1) is 23.0 Å². The summed E-state index contributed by atoms with van der Waals surface area (Å²) >= 11 is 2.66. The lowest BCUT2D eigenvalue weighted by molar-refractivity contribution is -0.141. The Bertz CT molecular complexity index is 1290. The second-order valence-electron chi connectivity index (χ2n) is 19.5. The van der Waals surface area contributed by atoms with Gasteiger partial charge in [0, 0.05) is 0 Å². The molecule has 0 aliphatic carbocycles. The zero-order valence-corrected chi connectivity index (χ0v) is 45.1. The Morgan fingerprint density at radius 3 is 0.933 bits per heavy atom. The molecule has 0 aromatic heterocycles. The molecule has 344 valence electrons. The van der Waals surface area contributed by atoms with Gasteiger partial charge in [0.15, 0.2) is 0 Å². The number of unbranched alkanes of at least 4 members (excludes halogenated alkanes) is 18. The van der Waals surface area contributed by atoms with Crippen LogP contribution in [0.1, 0.15) is 225 Å². The summed E-state index contributed by atoms with van der Waals surface area (Å²) in [4.78, 5) is 28.5. The summed E-state index contributed by atoms with van der Waals surface area (Å²) in [5.74, 6) is 6.54. The molecule has 8 heteroatoms.